The van der Waals surface area contributed by atoms with Crippen LogP contribution < -0.4 is 15.0 Å². The largest absolute Gasteiger partial charge is 0.573 e. The zero-order valence-corrected chi connectivity index (χ0v) is 16.2. The number of imide groups is 1. The Morgan fingerprint density at radius 1 is 0.781 bits per heavy atom. The number of benzene rings is 3. The third-order valence-electron chi connectivity index (χ3n) is 4.59. The highest BCUT2D eigenvalue weighted by atomic mass is 19.4. The monoisotopic (exact) mass is 442 g/mol. The molecule has 1 heterocycles. The van der Waals surface area contributed by atoms with Crippen LogP contribution in [-0.4, -0.2) is 18.2 Å². The van der Waals surface area contributed by atoms with Crippen LogP contribution in [0.1, 0.15) is 5.56 Å². The summed E-state index contributed by atoms with van der Waals surface area (Å²) in [6.45, 7) is 0. The van der Waals surface area contributed by atoms with Crippen molar-refractivity contribution in [3.63, 3.8) is 0 Å². The standard InChI is InChI=1S/C23H14F4N2O3/c24-15-8-6-14(7-9-15)19-20(22(31)29(21(19)30)17-4-2-1-3-5-17)28-16-10-12-18(13-11-16)32-23(25,26)27/h1-13,28H. The molecule has 1 aliphatic heterocycles. The lowest BCUT2D eigenvalue weighted by Crippen LogP contribution is -2.32. The maximum Gasteiger partial charge on any atom is 0.573 e. The van der Waals surface area contributed by atoms with Crippen LogP contribution in [0.15, 0.2) is 84.6 Å². The van der Waals surface area contributed by atoms with Crippen LogP contribution in [0.25, 0.3) is 5.57 Å². The molecule has 0 spiro atoms. The highest BCUT2D eigenvalue weighted by molar-refractivity contribution is 6.46. The van der Waals surface area contributed by atoms with Gasteiger partial charge in [-0.1, -0.05) is 30.3 Å². The second-order valence-electron chi connectivity index (χ2n) is 6.74. The molecule has 0 saturated carbocycles. The molecule has 0 aromatic heterocycles. The Morgan fingerprint density at radius 3 is 2.00 bits per heavy atom. The van der Waals surface area contributed by atoms with Crippen LogP contribution in [0.2, 0.25) is 0 Å². The van der Waals surface area contributed by atoms with E-state index < -0.39 is 29.7 Å². The molecule has 32 heavy (non-hydrogen) atoms. The van der Waals surface area contributed by atoms with Crippen LogP contribution >= 0.6 is 0 Å². The fourth-order valence-electron chi connectivity index (χ4n) is 3.23. The number of rotatable bonds is 5. The number of hydrogen-bond acceptors (Lipinski definition) is 4. The Hall–Kier alpha value is -4.14. The summed E-state index contributed by atoms with van der Waals surface area (Å²) in [5.74, 6) is -2.22. The lowest BCUT2D eigenvalue weighted by Gasteiger charge is -2.15. The molecule has 5 nitrogen and oxygen atoms in total. The fourth-order valence-corrected chi connectivity index (χ4v) is 3.23. The first kappa shape index (κ1) is 21.1. The summed E-state index contributed by atoms with van der Waals surface area (Å²) in [6, 6.07) is 18.0. The van der Waals surface area contributed by atoms with E-state index in [-0.39, 0.29) is 17.0 Å². The van der Waals surface area contributed by atoms with Crippen molar-refractivity contribution in [2.45, 2.75) is 6.36 Å². The fraction of sp³-hybridized carbons (Fsp3) is 0.0435. The molecule has 0 radical (unpaired) electrons. The van der Waals surface area contributed by atoms with Gasteiger partial charge in [0.2, 0.25) is 0 Å². The number of nitrogens with zero attached hydrogens (tertiary/aromatic N) is 1. The number of hydrogen-bond donors (Lipinski definition) is 1. The van der Waals surface area contributed by atoms with Gasteiger partial charge in [-0.2, -0.15) is 0 Å². The Balaban J connectivity index is 1.72. The molecule has 0 bridgehead atoms. The summed E-state index contributed by atoms with van der Waals surface area (Å²) in [5.41, 5.74) is 0.824. The van der Waals surface area contributed by atoms with Crippen LogP contribution in [0, 0.1) is 5.82 Å². The smallest absolute Gasteiger partial charge is 0.406 e. The highest BCUT2D eigenvalue weighted by Gasteiger charge is 2.40. The third-order valence-corrected chi connectivity index (χ3v) is 4.59. The number of halogens is 4. The number of amides is 2. The van der Waals surface area contributed by atoms with E-state index in [9.17, 15) is 27.2 Å². The van der Waals surface area contributed by atoms with E-state index in [1.807, 2.05) is 0 Å². The van der Waals surface area contributed by atoms with Crippen molar-refractivity contribution in [2.24, 2.45) is 0 Å². The van der Waals surface area contributed by atoms with Gasteiger partial charge in [-0.05, 0) is 54.1 Å². The highest BCUT2D eigenvalue weighted by Crippen LogP contribution is 2.34. The van der Waals surface area contributed by atoms with Gasteiger partial charge in [0.1, 0.15) is 17.3 Å². The van der Waals surface area contributed by atoms with Gasteiger partial charge in [0.15, 0.2) is 0 Å². The number of carbonyl (C=O) groups excluding carboxylic acids is 2. The Kier molecular flexibility index (Phi) is 5.40. The first-order chi connectivity index (χ1) is 15.2. The van der Waals surface area contributed by atoms with Gasteiger partial charge in [-0.3, -0.25) is 9.59 Å². The maximum absolute atomic E-state index is 13.4. The van der Waals surface area contributed by atoms with E-state index >= 15 is 0 Å². The van der Waals surface area contributed by atoms with E-state index in [0.29, 0.717) is 11.3 Å². The molecule has 2 amide bonds. The van der Waals surface area contributed by atoms with Gasteiger partial charge >= 0.3 is 6.36 Å². The van der Waals surface area contributed by atoms with Gasteiger partial charge < -0.3 is 10.1 Å². The van der Waals surface area contributed by atoms with Gasteiger partial charge in [0, 0.05) is 5.69 Å². The van der Waals surface area contributed by atoms with Crippen molar-refractivity contribution in [2.75, 3.05) is 10.2 Å². The second-order valence-corrected chi connectivity index (χ2v) is 6.74. The molecule has 9 heteroatoms. The number of anilines is 2. The van der Waals surface area contributed by atoms with Crippen molar-refractivity contribution in [3.8, 4) is 5.75 Å². The lowest BCUT2D eigenvalue weighted by molar-refractivity contribution is -0.274. The molecule has 0 unspecified atom stereocenters. The van der Waals surface area contributed by atoms with E-state index in [1.54, 1.807) is 30.3 Å². The third kappa shape index (κ3) is 4.31. The predicted octanol–water partition coefficient (Wildman–Crippen LogP) is 5.12. The minimum absolute atomic E-state index is 0.00877. The van der Waals surface area contributed by atoms with E-state index in [1.165, 1.54) is 24.3 Å². The molecule has 0 aliphatic carbocycles. The first-order valence-electron chi connectivity index (χ1n) is 9.30. The summed E-state index contributed by atoms with van der Waals surface area (Å²) >= 11 is 0. The van der Waals surface area contributed by atoms with Crippen molar-refractivity contribution in [3.05, 3.63) is 95.9 Å². The quantitative estimate of drug-likeness (QED) is 0.440. The van der Waals surface area contributed by atoms with E-state index in [0.717, 1.165) is 29.2 Å². The SMILES string of the molecule is O=C1C(Nc2ccc(OC(F)(F)F)cc2)=C(c2ccc(F)cc2)C(=O)N1c1ccccc1. The van der Waals surface area contributed by atoms with Gasteiger partial charge in [-0.25, -0.2) is 9.29 Å². The molecule has 0 fully saturated rings. The Bertz CT molecular complexity index is 1190. The predicted molar refractivity (Wildman–Crippen MR) is 109 cm³/mol. The summed E-state index contributed by atoms with van der Waals surface area (Å²) in [4.78, 5) is 27.3. The molecule has 0 saturated heterocycles. The molecule has 3 aromatic carbocycles. The zero-order chi connectivity index (χ0) is 22.9. The number of nitrogens with one attached hydrogen (secondary N) is 1. The average Bonchev–Trinajstić information content (AvgIpc) is 2.99. The minimum Gasteiger partial charge on any atom is -0.406 e. The lowest BCUT2D eigenvalue weighted by atomic mass is 10.0. The van der Waals surface area contributed by atoms with Crippen LogP contribution in [0.5, 0.6) is 5.75 Å². The minimum atomic E-state index is -4.84. The van der Waals surface area contributed by atoms with Crippen molar-refractivity contribution >= 4 is 28.8 Å². The van der Waals surface area contributed by atoms with Crippen LogP contribution in [0.3, 0.4) is 0 Å². The van der Waals surface area contributed by atoms with Gasteiger partial charge in [0.05, 0.1) is 11.3 Å². The van der Waals surface area contributed by atoms with Crippen molar-refractivity contribution in [1.29, 1.82) is 0 Å². The maximum atomic E-state index is 13.4. The molecular weight excluding hydrogens is 428 g/mol. The van der Waals surface area contributed by atoms with Crippen molar-refractivity contribution < 1.29 is 31.9 Å². The number of ether oxygens (including phenoxy) is 1. The van der Waals surface area contributed by atoms with E-state index in [2.05, 4.69) is 10.1 Å². The summed E-state index contributed by atoms with van der Waals surface area (Å²) in [7, 11) is 0. The van der Waals surface area contributed by atoms with Crippen molar-refractivity contribution in [1.82, 2.24) is 0 Å². The normalized spacial score (nSPS) is 14.2. The molecule has 3 aromatic rings. The van der Waals surface area contributed by atoms with Crippen LogP contribution in [-0.2, 0) is 9.59 Å². The first-order valence-corrected chi connectivity index (χ1v) is 9.30. The molecule has 4 rings (SSSR count). The second kappa shape index (κ2) is 8.18. The Labute approximate surface area is 179 Å². The Morgan fingerprint density at radius 2 is 1.41 bits per heavy atom. The molecule has 1 aliphatic rings. The number of para-hydroxylation sites is 1. The van der Waals surface area contributed by atoms with Gasteiger partial charge in [0.25, 0.3) is 11.8 Å². The number of carbonyl (C=O) groups is 2. The van der Waals surface area contributed by atoms with Crippen LogP contribution in [0.4, 0.5) is 28.9 Å². The molecular formula is C23H14F4N2O3. The summed E-state index contributed by atoms with van der Waals surface area (Å²) in [5, 5.41) is 2.81. The number of alkyl halides is 3. The van der Waals surface area contributed by atoms with Gasteiger partial charge in [-0.15, -0.1) is 13.2 Å². The summed E-state index contributed by atoms with van der Waals surface area (Å²) < 4.78 is 54.4. The average molecular weight is 442 g/mol. The molecule has 1 N–H and O–H groups in total. The topological polar surface area (TPSA) is 58.6 Å². The molecule has 0 atom stereocenters. The zero-order valence-electron chi connectivity index (χ0n) is 16.2. The molecule has 162 valence electrons. The van der Waals surface area contributed by atoms with E-state index in [4.69, 9.17) is 0 Å². The summed E-state index contributed by atoms with van der Waals surface area (Å²) in [6.07, 6.45) is -4.84.